The predicted octanol–water partition coefficient (Wildman–Crippen LogP) is 2.17. The second-order valence-corrected chi connectivity index (χ2v) is 5.21. The minimum absolute atomic E-state index is 0.127. The Bertz CT molecular complexity index is 430. The number of carbonyl (C=O) groups is 1. The number of nitrogens with one attached hydrogen (secondary N) is 1. The third-order valence-electron chi connectivity index (χ3n) is 3.15. The molecule has 0 fully saturated rings. The largest absolute Gasteiger partial charge is 0.496 e. The van der Waals surface area contributed by atoms with Crippen LogP contribution in [0.3, 0.4) is 0 Å². The number of amides is 1. The van der Waals surface area contributed by atoms with E-state index in [1.54, 1.807) is 7.11 Å². The maximum absolute atomic E-state index is 12.0. The molecule has 3 N–H and O–H groups in total. The van der Waals surface area contributed by atoms with E-state index < -0.39 is 11.6 Å². The summed E-state index contributed by atoms with van der Waals surface area (Å²) in [7, 11) is 1.62. The van der Waals surface area contributed by atoms with Gasteiger partial charge < -0.3 is 15.8 Å². The molecular weight excluding hydrogens is 240 g/mol. The number of methoxy groups -OCH3 is 1. The van der Waals surface area contributed by atoms with Crippen molar-refractivity contribution in [2.45, 2.75) is 45.2 Å². The molecule has 1 aromatic carbocycles. The zero-order valence-electron chi connectivity index (χ0n) is 12.2. The minimum atomic E-state index is -0.519. The second-order valence-electron chi connectivity index (χ2n) is 5.21. The molecule has 19 heavy (non-hydrogen) atoms. The molecule has 0 aliphatic carbocycles. The fourth-order valence-electron chi connectivity index (χ4n) is 2.07. The Kier molecular flexibility index (Phi) is 5.36. The second kappa shape index (κ2) is 6.57. The van der Waals surface area contributed by atoms with Crippen molar-refractivity contribution in [1.29, 1.82) is 0 Å². The Balaban J connectivity index is 2.88. The predicted molar refractivity (Wildman–Crippen MR) is 77.0 cm³/mol. The lowest BCUT2D eigenvalue weighted by molar-refractivity contribution is -0.124. The summed E-state index contributed by atoms with van der Waals surface area (Å²) in [6.45, 7) is 5.90. The summed E-state index contributed by atoms with van der Waals surface area (Å²) in [5.74, 6) is 0.634. The molecule has 0 aliphatic rings. The van der Waals surface area contributed by atoms with E-state index in [1.165, 1.54) is 0 Å². The number of hydrogen-bond acceptors (Lipinski definition) is 3. The first kappa shape index (κ1) is 15.5. The molecule has 106 valence electrons. The van der Waals surface area contributed by atoms with Gasteiger partial charge in [0.2, 0.25) is 5.91 Å². The first-order valence-electron chi connectivity index (χ1n) is 6.63. The molecule has 0 bridgehead atoms. The number of hydrogen-bond donors (Lipinski definition) is 2. The maximum atomic E-state index is 12.0. The molecule has 0 spiro atoms. The number of rotatable bonds is 6. The van der Waals surface area contributed by atoms with Gasteiger partial charge in [-0.05, 0) is 26.3 Å². The summed E-state index contributed by atoms with van der Waals surface area (Å²) in [5.41, 5.74) is 6.26. The van der Waals surface area contributed by atoms with Crippen LogP contribution in [0.15, 0.2) is 24.3 Å². The molecule has 0 aliphatic heterocycles. The Morgan fingerprint density at radius 2 is 2.05 bits per heavy atom. The van der Waals surface area contributed by atoms with E-state index in [0.29, 0.717) is 6.42 Å². The van der Waals surface area contributed by atoms with Gasteiger partial charge in [0.25, 0.3) is 0 Å². The van der Waals surface area contributed by atoms with E-state index >= 15 is 0 Å². The molecule has 4 heteroatoms. The molecule has 1 unspecified atom stereocenters. The molecule has 1 rings (SSSR count). The first-order valence-corrected chi connectivity index (χ1v) is 6.63. The van der Waals surface area contributed by atoms with Crippen LogP contribution in [-0.4, -0.2) is 19.1 Å². The van der Waals surface area contributed by atoms with Crippen molar-refractivity contribution in [3.8, 4) is 5.75 Å². The quantitative estimate of drug-likeness (QED) is 0.827. The zero-order chi connectivity index (χ0) is 14.5. The standard InChI is InChI=1S/C15H24N2O2/c1-5-8-12(16)14(18)17-15(2,3)11-9-6-7-10-13(11)19-4/h6-7,9-10,12H,5,8,16H2,1-4H3,(H,17,18). The van der Waals surface area contributed by atoms with Crippen LogP contribution in [0.25, 0.3) is 0 Å². The van der Waals surface area contributed by atoms with Gasteiger partial charge in [0, 0.05) is 5.56 Å². The van der Waals surface area contributed by atoms with Gasteiger partial charge >= 0.3 is 0 Å². The van der Waals surface area contributed by atoms with Gasteiger partial charge in [-0.25, -0.2) is 0 Å². The number of nitrogens with two attached hydrogens (primary N) is 1. The van der Waals surface area contributed by atoms with Crippen molar-refractivity contribution >= 4 is 5.91 Å². The van der Waals surface area contributed by atoms with Crippen LogP contribution in [0.5, 0.6) is 5.75 Å². The monoisotopic (exact) mass is 264 g/mol. The smallest absolute Gasteiger partial charge is 0.237 e. The van der Waals surface area contributed by atoms with E-state index in [0.717, 1.165) is 17.7 Å². The SMILES string of the molecule is CCCC(N)C(=O)NC(C)(C)c1ccccc1OC. The van der Waals surface area contributed by atoms with Gasteiger partial charge in [0.05, 0.1) is 18.7 Å². The molecule has 4 nitrogen and oxygen atoms in total. The Labute approximate surface area is 115 Å². The summed E-state index contributed by atoms with van der Waals surface area (Å²) < 4.78 is 5.34. The highest BCUT2D eigenvalue weighted by Crippen LogP contribution is 2.29. The highest BCUT2D eigenvalue weighted by molar-refractivity contribution is 5.82. The highest BCUT2D eigenvalue weighted by atomic mass is 16.5. The molecule has 1 amide bonds. The average Bonchev–Trinajstić information content (AvgIpc) is 2.38. The van der Waals surface area contributed by atoms with Crippen LogP contribution in [0, 0.1) is 0 Å². The normalized spacial score (nSPS) is 12.9. The zero-order valence-corrected chi connectivity index (χ0v) is 12.2. The van der Waals surface area contributed by atoms with Crippen LogP contribution in [0.2, 0.25) is 0 Å². The summed E-state index contributed by atoms with van der Waals surface area (Å²) in [6, 6.07) is 7.21. The summed E-state index contributed by atoms with van der Waals surface area (Å²) in [6.07, 6.45) is 1.58. The highest BCUT2D eigenvalue weighted by Gasteiger charge is 2.27. The van der Waals surface area contributed by atoms with E-state index in [-0.39, 0.29) is 5.91 Å². The van der Waals surface area contributed by atoms with Crippen LogP contribution >= 0.6 is 0 Å². The van der Waals surface area contributed by atoms with Gasteiger partial charge in [-0.2, -0.15) is 0 Å². The molecule has 1 atom stereocenters. The maximum Gasteiger partial charge on any atom is 0.237 e. The molecule has 1 aromatic rings. The van der Waals surface area contributed by atoms with E-state index in [9.17, 15) is 4.79 Å². The van der Waals surface area contributed by atoms with Crippen LogP contribution in [0.1, 0.15) is 39.2 Å². The summed E-state index contributed by atoms with van der Waals surface area (Å²) in [4.78, 5) is 12.0. The Morgan fingerprint density at radius 1 is 1.42 bits per heavy atom. The van der Waals surface area contributed by atoms with E-state index in [1.807, 2.05) is 45.0 Å². The third kappa shape index (κ3) is 3.96. The Hall–Kier alpha value is -1.55. The van der Waals surface area contributed by atoms with Crippen LogP contribution in [-0.2, 0) is 10.3 Å². The van der Waals surface area contributed by atoms with Crippen molar-refractivity contribution in [3.05, 3.63) is 29.8 Å². The van der Waals surface area contributed by atoms with E-state index in [2.05, 4.69) is 5.32 Å². The van der Waals surface area contributed by atoms with Gasteiger partial charge in [0.15, 0.2) is 0 Å². The lowest BCUT2D eigenvalue weighted by atomic mass is 9.92. The Morgan fingerprint density at radius 3 is 2.63 bits per heavy atom. The average molecular weight is 264 g/mol. The van der Waals surface area contributed by atoms with Crippen molar-refractivity contribution < 1.29 is 9.53 Å². The van der Waals surface area contributed by atoms with Crippen molar-refractivity contribution in [2.24, 2.45) is 5.73 Å². The number of benzene rings is 1. The van der Waals surface area contributed by atoms with Crippen molar-refractivity contribution in [1.82, 2.24) is 5.32 Å². The molecular formula is C15H24N2O2. The molecule has 0 saturated heterocycles. The lowest BCUT2D eigenvalue weighted by Crippen LogP contribution is -2.48. The number of ether oxygens (including phenoxy) is 1. The fourth-order valence-corrected chi connectivity index (χ4v) is 2.07. The van der Waals surface area contributed by atoms with Crippen LogP contribution < -0.4 is 15.8 Å². The first-order chi connectivity index (χ1) is 8.92. The lowest BCUT2D eigenvalue weighted by Gasteiger charge is -2.29. The van der Waals surface area contributed by atoms with Crippen LogP contribution in [0.4, 0.5) is 0 Å². The van der Waals surface area contributed by atoms with Crippen molar-refractivity contribution in [3.63, 3.8) is 0 Å². The molecule has 0 aromatic heterocycles. The van der Waals surface area contributed by atoms with Crippen molar-refractivity contribution in [2.75, 3.05) is 7.11 Å². The molecule has 0 heterocycles. The van der Waals surface area contributed by atoms with Gasteiger partial charge in [-0.15, -0.1) is 0 Å². The molecule has 0 radical (unpaired) electrons. The minimum Gasteiger partial charge on any atom is -0.496 e. The topological polar surface area (TPSA) is 64.4 Å². The third-order valence-corrected chi connectivity index (χ3v) is 3.15. The van der Waals surface area contributed by atoms with Gasteiger partial charge in [0.1, 0.15) is 5.75 Å². The number of para-hydroxylation sites is 1. The summed E-state index contributed by atoms with van der Waals surface area (Å²) >= 11 is 0. The van der Waals surface area contributed by atoms with Gasteiger partial charge in [-0.3, -0.25) is 4.79 Å². The fraction of sp³-hybridized carbons (Fsp3) is 0.533. The molecule has 0 saturated carbocycles. The number of carbonyl (C=O) groups excluding carboxylic acids is 1. The summed E-state index contributed by atoms with van der Waals surface area (Å²) in [5, 5.41) is 2.99. The van der Waals surface area contributed by atoms with Gasteiger partial charge in [-0.1, -0.05) is 31.5 Å². The van der Waals surface area contributed by atoms with E-state index in [4.69, 9.17) is 10.5 Å².